The average Bonchev–Trinajstić information content (AvgIpc) is 2.76. The SMILES string of the molecule is Cl.c1ccc(C(c2ccccc2)[C@@H]2CC[C@H](NCc3ccncc3)CO2)cc1. The van der Waals surface area contributed by atoms with Gasteiger partial charge in [-0.1, -0.05) is 60.7 Å². The zero-order chi connectivity index (χ0) is 18.3. The third kappa shape index (κ3) is 5.20. The summed E-state index contributed by atoms with van der Waals surface area (Å²) in [6.45, 7) is 1.62. The molecule has 28 heavy (non-hydrogen) atoms. The van der Waals surface area contributed by atoms with Crippen LogP contribution in [0.5, 0.6) is 0 Å². The Hall–Kier alpha value is -2.20. The van der Waals surface area contributed by atoms with Crippen molar-refractivity contribution in [3.8, 4) is 0 Å². The van der Waals surface area contributed by atoms with Gasteiger partial charge in [-0.05, 0) is 41.7 Å². The molecule has 1 saturated heterocycles. The summed E-state index contributed by atoms with van der Waals surface area (Å²) >= 11 is 0. The molecule has 0 spiro atoms. The van der Waals surface area contributed by atoms with Crippen molar-refractivity contribution in [2.45, 2.75) is 37.5 Å². The lowest BCUT2D eigenvalue weighted by molar-refractivity contribution is -0.0116. The van der Waals surface area contributed by atoms with E-state index in [-0.39, 0.29) is 24.4 Å². The number of ether oxygens (including phenoxy) is 1. The molecule has 1 aliphatic heterocycles. The van der Waals surface area contributed by atoms with Gasteiger partial charge in [-0.2, -0.15) is 0 Å². The number of nitrogens with one attached hydrogen (secondary N) is 1. The maximum Gasteiger partial charge on any atom is 0.0685 e. The van der Waals surface area contributed by atoms with Crippen LogP contribution < -0.4 is 5.32 Å². The summed E-state index contributed by atoms with van der Waals surface area (Å²) in [5, 5.41) is 3.62. The predicted molar refractivity (Wildman–Crippen MR) is 116 cm³/mol. The van der Waals surface area contributed by atoms with Crippen molar-refractivity contribution in [2.75, 3.05) is 6.61 Å². The molecule has 1 fully saturated rings. The Labute approximate surface area is 173 Å². The van der Waals surface area contributed by atoms with Crippen molar-refractivity contribution in [1.29, 1.82) is 0 Å². The first-order valence-corrected chi connectivity index (χ1v) is 9.74. The van der Waals surface area contributed by atoms with Crippen molar-refractivity contribution in [1.82, 2.24) is 10.3 Å². The molecule has 0 aliphatic carbocycles. The second-order valence-corrected chi connectivity index (χ2v) is 7.18. The molecule has 0 bridgehead atoms. The first-order chi connectivity index (χ1) is 13.4. The van der Waals surface area contributed by atoms with Gasteiger partial charge in [0.25, 0.3) is 0 Å². The molecule has 2 heterocycles. The van der Waals surface area contributed by atoms with Gasteiger partial charge in [-0.25, -0.2) is 0 Å². The molecule has 1 N–H and O–H groups in total. The van der Waals surface area contributed by atoms with Crippen molar-refractivity contribution >= 4 is 12.4 Å². The van der Waals surface area contributed by atoms with Crippen LogP contribution in [0.4, 0.5) is 0 Å². The fourth-order valence-electron chi connectivity index (χ4n) is 3.90. The highest BCUT2D eigenvalue weighted by Gasteiger charge is 2.30. The molecule has 1 aliphatic rings. The minimum atomic E-state index is 0. The molecule has 0 amide bonds. The van der Waals surface area contributed by atoms with E-state index >= 15 is 0 Å². The molecule has 1 aromatic heterocycles. The minimum absolute atomic E-state index is 0. The molecule has 0 saturated carbocycles. The Morgan fingerprint density at radius 3 is 2.00 bits per heavy atom. The van der Waals surface area contributed by atoms with Gasteiger partial charge in [-0.15, -0.1) is 12.4 Å². The molecule has 0 unspecified atom stereocenters. The summed E-state index contributed by atoms with van der Waals surface area (Å²) in [6.07, 6.45) is 6.09. The molecule has 0 radical (unpaired) electrons. The van der Waals surface area contributed by atoms with E-state index in [0.29, 0.717) is 6.04 Å². The van der Waals surface area contributed by atoms with Crippen LogP contribution in [0.15, 0.2) is 85.2 Å². The second kappa shape index (κ2) is 10.4. The van der Waals surface area contributed by atoms with E-state index in [2.05, 4.69) is 83.1 Å². The zero-order valence-electron chi connectivity index (χ0n) is 15.9. The highest BCUT2D eigenvalue weighted by atomic mass is 35.5. The number of halogens is 1. The molecule has 4 heteroatoms. The summed E-state index contributed by atoms with van der Waals surface area (Å²) in [7, 11) is 0. The summed E-state index contributed by atoms with van der Waals surface area (Å²) in [6, 6.07) is 26.0. The highest BCUT2D eigenvalue weighted by molar-refractivity contribution is 5.85. The first-order valence-electron chi connectivity index (χ1n) is 9.74. The molecular weight excluding hydrogens is 368 g/mol. The number of rotatable bonds is 6. The molecule has 2 atom stereocenters. The van der Waals surface area contributed by atoms with Gasteiger partial charge in [0.05, 0.1) is 12.7 Å². The van der Waals surface area contributed by atoms with Gasteiger partial charge in [0, 0.05) is 30.9 Å². The van der Waals surface area contributed by atoms with Gasteiger partial charge >= 0.3 is 0 Å². The lowest BCUT2D eigenvalue weighted by Crippen LogP contribution is -2.41. The zero-order valence-corrected chi connectivity index (χ0v) is 16.7. The Morgan fingerprint density at radius 2 is 1.46 bits per heavy atom. The maximum absolute atomic E-state index is 6.38. The number of hydrogen-bond acceptors (Lipinski definition) is 3. The molecule has 4 rings (SSSR count). The van der Waals surface area contributed by atoms with Gasteiger partial charge in [0.15, 0.2) is 0 Å². The monoisotopic (exact) mass is 394 g/mol. The lowest BCUT2D eigenvalue weighted by atomic mass is 9.83. The van der Waals surface area contributed by atoms with Crippen LogP contribution >= 0.6 is 12.4 Å². The third-order valence-electron chi connectivity index (χ3n) is 5.34. The summed E-state index contributed by atoms with van der Waals surface area (Å²) < 4.78 is 6.38. The number of nitrogens with zero attached hydrogens (tertiary/aromatic N) is 1. The van der Waals surface area contributed by atoms with Crippen molar-refractivity contribution in [3.05, 3.63) is 102 Å². The van der Waals surface area contributed by atoms with Crippen LogP contribution in [0.1, 0.15) is 35.4 Å². The molecule has 3 nitrogen and oxygen atoms in total. The summed E-state index contributed by atoms with van der Waals surface area (Å²) in [4.78, 5) is 4.07. The standard InChI is InChI=1S/C24H26N2O.ClH/c1-3-7-20(8-4-1)24(21-9-5-2-6-10-21)23-12-11-22(18-27-23)26-17-19-13-15-25-16-14-19;/h1-10,13-16,22-24,26H,11-12,17-18H2;1H/t22-,23-;/m0./s1. The lowest BCUT2D eigenvalue weighted by Gasteiger charge is -2.35. The Morgan fingerprint density at radius 1 is 0.857 bits per heavy atom. The Balaban J connectivity index is 0.00000225. The van der Waals surface area contributed by atoms with Crippen LogP contribution in [0.3, 0.4) is 0 Å². The first kappa shape index (κ1) is 20.5. The van der Waals surface area contributed by atoms with Gasteiger partial charge in [0.2, 0.25) is 0 Å². The van der Waals surface area contributed by atoms with E-state index in [1.807, 2.05) is 12.4 Å². The number of aromatic nitrogens is 1. The van der Waals surface area contributed by atoms with Gasteiger partial charge in [-0.3, -0.25) is 4.98 Å². The third-order valence-corrected chi connectivity index (χ3v) is 5.34. The molecule has 146 valence electrons. The highest BCUT2D eigenvalue weighted by Crippen LogP contribution is 2.34. The summed E-state index contributed by atoms with van der Waals surface area (Å²) in [5.41, 5.74) is 3.92. The normalized spacial score (nSPS) is 19.2. The van der Waals surface area contributed by atoms with Crippen molar-refractivity contribution < 1.29 is 4.74 Å². The van der Waals surface area contributed by atoms with E-state index in [1.54, 1.807) is 0 Å². The number of benzene rings is 2. The van der Waals surface area contributed by atoms with Gasteiger partial charge < -0.3 is 10.1 Å². The summed E-state index contributed by atoms with van der Waals surface area (Å²) in [5.74, 6) is 0.286. The Kier molecular flexibility index (Phi) is 7.61. The smallest absolute Gasteiger partial charge is 0.0685 e. The molecule has 3 aromatic rings. The molecule has 2 aromatic carbocycles. The topological polar surface area (TPSA) is 34.2 Å². The van der Waals surface area contributed by atoms with Crippen LogP contribution in [0, 0.1) is 0 Å². The molecular formula is C24H27ClN2O. The van der Waals surface area contributed by atoms with E-state index < -0.39 is 0 Å². The van der Waals surface area contributed by atoms with Crippen LogP contribution in [0.2, 0.25) is 0 Å². The quantitative estimate of drug-likeness (QED) is 0.640. The number of hydrogen-bond donors (Lipinski definition) is 1. The second-order valence-electron chi connectivity index (χ2n) is 7.18. The average molecular weight is 395 g/mol. The van der Waals surface area contributed by atoms with Crippen LogP contribution in [0.25, 0.3) is 0 Å². The number of pyridine rings is 1. The van der Waals surface area contributed by atoms with E-state index in [1.165, 1.54) is 16.7 Å². The largest absolute Gasteiger partial charge is 0.376 e. The van der Waals surface area contributed by atoms with Crippen molar-refractivity contribution in [2.24, 2.45) is 0 Å². The Bertz CT molecular complexity index is 766. The van der Waals surface area contributed by atoms with E-state index in [4.69, 9.17) is 4.74 Å². The van der Waals surface area contributed by atoms with Crippen LogP contribution in [-0.2, 0) is 11.3 Å². The minimum Gasteiger partial charge on any atom is -0.376 e. The maximum atomic E-state index is 6.38. The van der Waals surface area contributed by atoms with Gasteiger partial charge in [0.1, 0.15) is 0 Å². The fourth-order valence-corrected chi connectivity index (χ4v) is 3.90. The van der Waals surface area contributed by atoms with E-state index in [0.717, 1.165) is 26.0 Å². The van der Waals surface area contributed by atoms with Crippen molar-refractivity contribution in [3.63, 3.8) is 0 Å². The van der Waals surface area contributed by atoms with E-state index in [9.17, 15) is 0 Å². The van der Waals surface area contributed by atoms with Crippen LogP contribution in [-0.4, -0.2) is 23.7 Å². The fraction of sp³-hybridized carbons (Fsp3) is 0.292. The predicted octanol–water partition coefficient (Wildman–Crippen LogP) is 4.97.